The van der Waals surface area contributed by atoms with Gasteiger partial charge in [-0.3, -0.25) is 14.7 Å². The zero-order valence-electron chi connectivity index (χ0n) is 21.0. The molecule has 3 aromatic heterocycles. The molecule has 0 aliphatic carbocycles. The summed E-state index contributed by atoms with van der Waals surface area (Å²) in [7, 11) is 0. The average Bonchev–Trinajstić information content (AvgIpc) is 3.35. The Balaban J connectivity index is 1.33. The number of nitrogens with zero attached hydrogens (tertiary/aromatic N) is 7. The van der Waals surface area contributed by atoms with Crippen LogP contribution in [-0.2, 0) is 6.54 Å². The summed E-state index contributed by atoms with van der Waals surface area (Å²) in [4.78, 5) is 30.2. The van der Waals surface area contributed by atoms with Crippen molar-refractivity contribution in [3.05, 3.63) is 107 Å². The average molecular weight is 534 g/mol. The Morgan fingerprint density at radius 2 is 1.72 bits per heavy atom. The third-order valence-corrected chi connectivity index (χ3v) is 7.26. The molecule has 1 aliphatic rings. The van der Waals surface area contributed by atoms with Crippen LogP contribution in [0.25, 0.3) is 28.0 Å². The first kappa shape index (κ1) is 24.7. The summed E-state index contributed by atoms with van der Waals surface area (Å²) < 4.78 is 2.12. The lowest BCUT2D eigenvalue weighted by molar-refractivity contribution is 0.0620. The second kappa shape index (κ2) is 10.7. The van der Waals surface area contributed by atoms with Gasteiger partial charge in [-0.05, 0) is 35.9 Å². The Morgan fingerprint density at radius 3 is 2.46 bits per heavy atom. The fourth-order valence-corrected chi connectivity index (χ4v) is 5.09. The third kappa shape index (κ3) is 4.98. The number of rotatable bonds is 5. The van der Waals surface area contributed by atoms with Gasteiger partial charge in [0, 0.05) is 67.5 Å². The van der Waals surface area contributed by atoms with Crippen molar-refractivity contribution in [2.75, 3.05) is 26.2 Å². The van der Waals surface area contributed by atoms with Crippen molar-refractivity contribution < 1.29 is 4.79 Å². The van der Waals surface area contributed by atoms with Crippen molar-refractivity contribution in [1.82, 2.24) is 29.2 Å². The van der Waals surface area contributed by atoms with Gasteiger partial charge < -0.3 is 9.30 Å². The highest BCUT2D eigenvalue weighted by atomic mass is 35.5. The van der Waals surface area contributed by atoms with Crippen LogP contribution < -0.4 is 0 Å². The lowest BCUT2D eigenvalue weighted by Crippen LogP contribution is -2.48. The molecular weight excluding hydrogens is 510 g/mol. The number of piperazine rings is 1. The van der Waals surface area contributed by atoms with Crippen LogP contribution in [0, 0.1) is 11.3 Å². The molecule has 1 saturated heterocycles. The summed E-state index contributed by atoms with van der Waals surface area (Å²) in [5, 5.41) is 10.3. The van der Waals surface area contributed by atoms with Gasteiger partial charge in [0.15, 0.2) is 0 Å². The highest BCUT2D eigenvalue weighted by Gasteiger charge is 2.25. The zero-order valence-corrected chi connectivity index (χ0v) is 21.8. The van der Waals surface area contributed by atoms with Gasteiger partial charge in [0.2, 0.25) is 0 Å². The summed E-state index contributed by atoms with van der Waals surface area (Å²) in [5.41, 5.74) is 6.54. The molecule has 1 aliphatic heterocycles. The van der Waals surface area contributed by atoms with Gasteiger partial charge in [0.1, 0.15) is 11.3 Å². The van der Waals surface area contributed by atoms with Gasteiger partial charge in [-0.2, -0.15) is 5.26 Å². The van der Waals surface area contributed by atoms with Crippen LogP contribution in [0.4, 0.5) is 0 Å². The maximum absolute atomic E-state index is 12.8. The van der Waals surface area contributed by atoms with E-state index in [2.05, 4.69) is 31.5 Å². The molecule has 1 amide bonds. The minimum Gasteiger partial charge on any atom is -0.335 e. The fraction of sp³-hybridized carbons (Fsp3) is 0.167. The molecule has 0 atom stereocenters. The predicted octanol–water partition coefficient (Wildman–Crippen LogP) is 4.94. The molecule has 192 valence electrons. The van der Waals surface area contributed by atoms with Gasteiger partial charge in [-0.1, -0.05) is 41.9 Å². The van der Waals surface area contributed by atoms with Gasteiger partial charge in [-0.15, -0.1) is 0 Å². The van der Waals surface area contributed by atoms with Gasteiger partial charge in [-0.25, -0.2) is 9.97 Å². The van der Waals surface area contributed by atoms with Crippen molar-refractivity contribution in [1.29, 1.82) is 5.26 Å². The number of benzene rings is 2. The van der Waals surface area contributed by atoms with Crippen molar-refractivity contribution in [2.45, 2.75) is 6.54 Å². The Kier molecular flexibility index (Phi) is 6.76. The molecule has 0 N–H and O–H groups in total. The van der Waals surface area contributed by atoms with E-state index < -0.39 is 0 Å². The molecule has 39 heavy (non-hydrogen) atoms. The van der Waals surface area contributed by atoms with Crippen LogP contribution >= 0.6 is 11.6 Å². The predicted molar refractivity (Wildman–Crippen MR) is 149 cm³/mol. The lowest BCUT2D eigenvalue weighted by atomic mass is 10.0. The molecule has 1 fully saturated rings. The molecule has 0 spiro atoms. The molecule has 0 radical (unpaired) electrons. The number of carbonyl (C=O) groups excluding carboxylic acids is 1. The molecule has 8 nitrogen and oxygen atoms in total. The number of aromatic nitrogens is 4. The number of amides is 1. The van der Waals surface area contributed by atoms with Crippen LogP contribution in [-0.4, -0.2) is 61.2 Å². The summed E-state index contributed by atoms with van der Waals surface area (Å²) in [6, 6.07) is 21.6. The number of fused-ring (bicyclic) bond motifs is 1. The third-order valence-electron chi connectivity index (χ3n) is 7.01. The van der Waals surface area contributed by atoms with E-state index >= 15 is 0 Å². The molecule has 2 aromatic carbocycles. The molecule has 0 saturated carbocycles. The Bertz CT molecular complexity index is 1680. The number of hydrogen-bond donors (Lipinski definition) is 0. The van der Waals surface area contributed by atoms with E-state index in [0.29, 0.717) is 35.9 Å². The smallest absolute Gasteiger partial charge is 0.274 e. The topological polar surface area (TPSA) is 90.4 Å². The number of halogens is 1. The number of carbonyl (C=O) groups is 1. The normalized spacial score (nSPS) is 13.9. The molecule has 0 unspecified atom stereocenters. The second-order valence-corrected chi connectivity index (χ2v) is 9.81. The maximum Gasteiger partial charge on any atom is 0.274 e. The number of imidazole rings is 1. The van der Waals surface area contributed by atoms with Gasteiger partial charge in [0.05, 0.1) is 29.2 Å². The number of pyridine rings is 1. The quantitative estimate of drug-likeness (QED) is 0.318. The minimum atomic E-state index is -0.0970. The molecule has 6 rings (SSSR count). The minimum absolute atomic E-state index is 0.0970. The van der Waals surface area contributed by atoms with E-state index in [0.717, 1.165) is 46.8 Å². The summed E-state index contributed by atoms with van der Waals surface area (Å²) >= 11 is 6.17. The van der Waals surface area contributed by atoms with Crippen LogP contribution in [0.5, 0.6) is 0 Å². The van der Waals surface area contributed by atoms with Crippen LogP contribution in [0.15, 0.2) is 85.5 Å². The fourth-order valence-electron chi connectivity index (χ4n) is 4.97. The van der Waals surface area contributed by atoms with E-state index in [-0.39, 0.29) is 5.91 Å². The highest BCUT2D eigenvalue weighted by Crippen LogP contribution is 2.30. The van der Waals surface area contributed by atoms with Crippen molar-refractivity contribution in [3.63, 3.8) is 0 Å². The van der Waals surface area contributed by atoms with E-state index in [1.807, 2.05) is 65.6 Å². The summed E-state index contributed by atoms with van der Waals surface area (Å²) in [6.07, 6.45) is 6.66. The monoisotopic (exact) mass is 533 g/mol. The SMILES string of the molecule is N#Cc1ccccc1-c1ccc2nc(-c3ccc(Cl)cc3)c(CN3CCN(C(=O)c4cnccn4)CC3)n2c1. The standard InChI is InChI=1S/C30H24ClN7O/c31-24-8-5-21(6-9-24)29-27(20-36-13-15-37(16-14-36)30(39)26-18-33-11-12-34-26)38-19-23(7-10-28(38)35-29)25-4-2-1-3-22(25)17-32/h1-12,18-19H,13-16,20H2. The molecule has 0 bridgehead atoms. The van der Waals surface area contributed by atoms with Crippen molar-refractivity contribution in [3.8, 4) is 28.5 Å². The van der Waals surface area contributed by atoms with E-state index in [4.69, 9.17) is 16.6 Å². The van der Waals surface area contributed by atoms with Crippen molar-refractivity contribution in [2.24, 2.45) is 0 Å². The van der Waals surface area contributed by atoms with Crippen LogP contribution in [0.2, 0.25) is 5.02 Å². The first-order chi connectivity index (χ1) is 19.1. The molecule has 4 heterocycles. The lowest BCUT2D eigenvalue weighted by Gasteiger charge is -2.34. The second-order valence-electron chi connectivity index (χ2n) is 9.38. The van der Waals surface area contributed by atoms with Crippen LogP contribution in [0.3, 0.4) is 0 Å². The Labute approximate surface area is 230 Å². The van der Waals surface area contributed by atoms with E-state index in [1.54, 1.807) is 6.20 Å². The highest BCUT2D eigenvalue weighted by molar-refractivity contribution is 6.30. The maximum atomic E-state index is 12.8. The van der Waals surface area contributed by atoms with Crippen molar-refractivity contribution >= 4 is 23.2 Å². The Morgan fingerprint density at radius 1 is 0.949 bits per heavy atom. The van der Waals surface area contributed by atoms with E-state index in [1.165, 1.54) is 12.4 Å². The first-order valence-electron chi connectivity index (χ1n) is 12.6. The van der Waals surface area contributed by atoms with Gasteiger partial charge >= 0.3 is 0 Å². The van der Waals surface area contributed by atoms with Crippen LogP contribution in [0.1, 0.15) is 21.7 Å². The Hall–Kier alpha value is -4.58. The number of hydrogen-bond acceptors (Lipinski definition) is 6. The van der Waals surface area contributed by atoms with E-state index in [9.17, 15) is 10.1 Å². The summed E-state index contributed by atoms with van der Waals surface area (Å²) in [6.45, 7) is 3.29. The summed E-state index contributed by atoms with van der Waals surface area (Å²) in [5.74, 6) is -0.0970. The van der Waals surface area contributed by atoms with Gasteiger partial charge in [0.25, 0.3) is 5.91 Å². The first-order valence-corrected chi connectivity index (χ1v) is 13.0. The largest absolute Gasteiger partial charge is 0.335 e. The molecule has 5 aromatic rings. The molecule has 9 heteroatoms. The number of nitriles is 1. The molecular formula is C30H24ClN7O. The zero-order chi connectivity index (χ0) is 26.8.